The van der Waals surface area contributed by atoms with E-state index in [1.54, 1.807) is 53.4 Å². The lowest BCUT2D eigenvalue weighted by atomic mass is 10.0. The van der Waals surface area contributed by atoms with Crippen LogP contribution in [-0.4, -0.2) is 53.1 Å². The Morgan fingerprint density at radius 2 is 1.16 bits per heavy atom. The number of nitrogens with zero attached hydrogens (tertiary/aromatic N) is 1. The van der Waals surface area contributed by atoms with E-state index in [0.717, 1.165) is 11.1 Å². The van der Waals surface area contributed by atoms with Crippen molar-refractivity contribution in [3.05, 3.63) is 59.7 Å². The minimum Gasteiger partial charge on any atom is -0.508 e. The molecule has 0 saturated heterocycles. The molecule has 0 bridgehead atoms. The molecule has 0 aliphatic carbocycles. The quantitative estimate of drug-likeness (QED) is 0.384. The van der Waals surface area contributed by atoms with Gasteiger partial charge in [0, 0.05) is 0 Å². The molecule has 11 heteroatoms. The Morgan fingerprint density at radius 3 is 1.45 bits per heavy atom. The normalized spacial score (nSPS) is 11.4. The molecule has 0 heterocycles. The number of benzene rings is 2. The maximum Gasteiger partial charge on any atom is 0.235 e. The second-order valence-electron chi connectivity index (χ2n) is 6.63. The first-order chi connectivity index (χ1) is 13.1. The Bertz CT molecular complexity index is 778. The number of likely N-dealkylation sites (N-methyl/N-ethyl adjacent to an activating group) is 1. The molecule has 2 amide bonds. The van der Waals surface area contributed by atoms with Crippen molar-refractivity contribution >= 4 is 51.2 Å². The number of amides is 2. The van der Waals surface area contributed by atoms with E-state index in [1.807, 2.05) is 14.1 Å². The second kappa shape index (κ2) is 16.6. The first kappa shape index (κ1) is 33.5. The first-order valence-electron chi connectivity index (χ1n) is 8.66. The van der Waals surface area contributed by atoms with Crippen LogP contribution in [0.25, 0.3) is 0 Å². The largest absolute Gasteiger partial charge is 0.508 e. The van der Waals surface area contributed by atoms with Gasteiger partial charge in [0.2, 0.25) is 11.8 Å². The molecule has 0 aromatic heterocycles. The lowest BCUT2D eigenvalue weighted by Crippen LogP contribution is -2.41. The zero-order valence-corrected chi connectivity index (χ0v) is 20.3. The number of hydrogen-bond donors (Lipinski definition) is 5. The Morgan fingerprint density at radius 1 is 0.806 bits per heavy atom. The summed E-state index contributed by atoms with van der Waals surface area (Å²) in [6, 6.07) is 12.3. The van der Waals surface area contributed by atoms with Crippen LogP contribution < -0.4 is 17.2 Å². The van der Waals surface area contributed by atoms with Gasteiger partial charge in [-0.1, -0.05) is 24.3 Å². The van der Waals surface area contributed by atoms with Gasteiger partial charge in [0.15, 0.2) is 0 Å². The lowest BCUT2D eigenvalue weighted by Gasteiger charge is -2.20. The third-order valence-electron chi connectivity index (χ3n) is 4.07. The van der Waals surface area contributed by atoms with Crippen LogP contribution in [-0.2, 0) is 22.4 Å². The zero-order chi connectivity index (χ0) is 21.3. The van der Waals surface area contributed by atoms with Gasteiger partial charge in [-0.25, -0.2) is 0 Å². The van der Waals surface area contributed by atoms with Crippen molar-refractivity contribution < 1.29 is 19.8 Å². The molecule has 8 nitrogen and oxygen atoms in total. The van der Waals surface area contributed by atoms with Gasteiger partial charge >= 0.3 is 0 Å². The monoisotopic (exact) mass is 492 g/mol. The summed E-state index contributed by atoms with van der Waals surface area (Å²) in [7, 11) is 3.63. The number of carbonyl (C=O) groups is 2. The molecule has 0 radical (unpaired) electrons. The summed E-state index contributed by atoms with van der Waals surface area (Å²) in [4.78, 5) is 23.5. The summed E-state index contributed by atoms with van der Waals surface area (Å²) in [5.41, 5.74) is 17.6. The van der Waals surface area contributed by atoms with Crippen molar-refractivity contribution in [1.29, 1.82) is 0 Å². The van der Waals surface area contributed by atoms with Crippen molar-refractivity contribution in [3.63, 3.8) is 0 Å². The Labute approximate surface area is 203 Å². The summed E-state index contributed by atoms with van der Waals surface area (Å²) in [5, 5.41) is 18.1. The van der Waals surface area contributed by atoms with Crippen LogP contribution >= 0.6 is 39.4 Å². The van der Waals surface area contributed by atoms with E-state index in [1.165, 1.54) is 0 Å². The SMILES string of the molecule is CN(C)[C@@H](Cc1ccc(O)cc1)C(N)=O.Cl.NC(=O)[C@@H](N)Cc1ccc(O)cc1.S.S. The molecule has 0 fully saturated rings. The highest BCUT2D eigenvalue weighted by molar-refractivity contribution is 7.59. The minimum atomic E-state index is -0.662. The molecule has 2 aromatic carbocycles. The van der Waals surface area contributed by atoms with E-state index in [2.05, 4.69) is 0 Å². The highest BCUT2D eigenvalue weighted by Gasteiger charge is 2.17. The molecule has 2 atom stereocenters. The first-order valence-corrected chi connectivity index (χ1v) is 8.66. The van der Waals surface area contributed by atoms with Gasteiger partial charge < -0.3 is 27.4 Å². The summed E-state index contributed by atoms with van der Waals surface area (Å²) < 4.78 is 0. The van der Waals surface area contributed by atoms with Gasteiger partial charge in [0.05, 0.1) is 12.1 Å². The van der Waals surface area contributed by atoms with Crippen molar-refractivity contribution in [2.45, 2.75) is 24.9 Å². The molecule has 176 valence electrons. The van der Waals surface area contributed by atoms with Crippen LogP contribution in [0.15, 0.2) is 48.5 Å². The average molecular weight is 493 g/mol. The van der Waals surface area contributed by atoms with Crippen LogP contribution in [0.3, 0.4) is 0 Å². The molecule has 0 aliphatic heterocycles. The standard InChI is InChI=1S/C11H16N2O2.C9H12N2O2.ClH.2H2S/c1-13(2)10(11(12)15)7-8-3-5-9(14)6-4-8;10-8(9(11)13)5-6-1-3-7(12)4-2-6;;;/h3-6,10,14H,7H2,1-2H3,(H2,12,15);1-4,8,12H,5,10H2,(H2,11,13);1H;2*1H2/t10-;8-;;;/m00.../s1. The fourth-order valence-corrected chi connectivity index (χ4v) is 2.38. The number of phenols is 2. The fourth-order valence-electron chi connectivity index (χ4n) is 2.38. The minimum absolute atomic E-state index is 0. The van der Waals surface area contributed by atoms with Crippen LogP contribution in [0.1, 0.15) is 11.1 Å². The number of halogens is 1. The van der Waals surface area contributed by atoms with E-state index < -0.39 is 11.9 Å². The molecule has 0 aliphatic rings. The van der Waals surface area contributed by atoms with Crippen LogP contribution in [0.4, 0.5) is 0 Å². The second-order valence-corrected chi connectivity index (χ2v) is 6.63. The van der Waals surface area contributed by atoms with E-state index in [4.69, 9.17) is 27.4 Å². The fraction of sp³-hybridized carbons (Fsp3) is 0.300. The predicted molar refractivity (Wildman–Crippen MR) is 135 cm³/mol. The molecule has 31 heavy (non-hydrogen) atoms. The van der Waals surface area contributed by atoms with E-state index in [-0.39, 0.29) is 62.8 Å². The summed E-state index contributed by atoms with van der Waals surface area (Å²) in [5.74, 6) is -0.447. The highest BCUT2D eigenvalue weighted by atomic mass is 35.5. The number of hydrogen-bond acceptors (Lipinski definition) is 6. The van der Waals surface area contributed by atoms with E-state index >= 15 is 0 Å². The molecule has 0 spiro atoms. The van der Waals surface area contributed by atoms with Crippen molar-refractivity contribution in [1.82, 2.24) is 4.90 Å². The number of nitrogens with two attached hydrogens (primary N) is 3. The maximum absolute atomic E-state index is 11.1. The lowest BCUT2D eigenvalue weighted by molar-refractivity contribution is -0.122. The summed E-state index contributed by atoms with van der Waals surface area (Å²) in [6.45, 7) is 0. The summed E-state index contributed by atoms with van der Waals surface area (Å²) in [6.07, 6.45) is 0.957. The van der Waals surface area contributed by atoms with Gasteiger partial charge in [-0.2, -0.15) is 27.0 Å². The molecule has 2 rings (SSSR count). The Hall–Kier alpha value is -2.11. The molecule has 0 saturated carbocycles. The van der Waals surface area contributed by atoms with E-state index in [9.17, 15) is 9.59 Å². The van der Waals surface area contributed by atoms with E-state index in [0.29, 0.717) is 12.8 Å². The third-order valence-corrected chi connectivity index (χ3v) is 4.07. The topological polar surface area (TPSA) is 156 Å². The molecular formula is C20H33ClN4O4S2. The van der Waals surface area contributed by atoms with Gasteiger partial charge in [0.1, 0.15) is 11.5 Å². The molecule has 0 unspecified atom stereocenters. The highest BCUT2D eigenvalue weighted by Crippen LogP contribution is 2.12. The van der Waals surface area contributed by atoms with Crippen molar-refractivity contribution in [3.8, 4) is 11.5 Å². The van der Waals surface area contributed by atoms with Gasteiger partial charge in [-0.05, 0) is 62.3 Å². The number of primary amides is 2. The van der Waals surface area contributed by atoms with Crippen LogP contribution in [0, 0.1) is 0 Å². The molecule has 2 aromatic rings. The predicted octanol–water partition coefficient (Wildman–Crippen LogP) is 0.745. The maximum atomic E-state index is 11.1. The van der Waals surface area contributed by atoms with Crippen molar-refractivity contribution in [2.75, 3.05) is 14.1 Å². The van der Waals surface area contributed by atoms with Gasteiger partial charge in [0.25, 0.3) is 0 Å². The molecule has 8 N–H and O–H groups in total. The zero-order valence-electron chi connectivity index (χ0n) is 17.5. The molecular weight excluding hydrogens is 460 g/mol. The van der Waals surface area contributed by atoms with Crippen LogP contribution in [0.2, 0.25) is 0 Å². The Balaban J connectivity index is -0.000000465. The van der Waals surface area contributed by atoms with Crippen LogP contribution in [0.5, 0.6) is 11.5 Å². The summed E-state index contributed by atoms with van der Waals surface area (Å²) >= 11 is 0. The smallest absolute Gasteiger partial charge is 0.235 e. The van der Waals surface area contributed by atoms with Crippen molar-refractivity contribution in [2.24, 2.45) is 17.2 Å². The number of carbonyl (C=O) groups excluding carboxylic acids is 2. The third kappa shape index (κ3) is 13.0. The number of rotatable bonds is 7. The van der Waals surface area contributed by atoms with Gasteiger partial charge in [-0.3, -0.25) is 14.5 Å². The number of phenolic OH excluding ortho intramolecular Hbond substituents is 2. The average Bonchev–Trinajstić information content (AvgIpc) is 2.63. The van der Waals surface area contributed by atoms with Gasteiger partial charge in [-0.15, -0.1) is 12.4 Å². The Kier molecular flexibility index (Phi) is 17.9. The number of aromatic hydroxyl groups is 2.